The van der Waals surface area contributed by atoms with Crippen molar-refractivity contribution in [1.29, 1.82) is 0 Å². The second-order valence-corrected chi connectivity index (χ2v) is 9.62. The molecule has 1 aliphatic rings. The summed E-state index contributed by atoms with van der Waals surface area (Å²) < 4.78 is 13.4. The van der Waals surface area contributed by atoms with E-state index < -0.39 is 90.8 Å². The molecule has 0 aliphatic carbocycles. The lowest BCUT2D eigenvalue weighted by Crippen LogP contribution is -2.54. The van der Waals surface area contributed by atoms with E-state index in [1.54, 1.807) is 0 Å². The van der Waals surface area contributed by atoms with Gasteiger partial charge in [0.05, 0.1) is 19.6 Å². The molecular weight excluding hydrogens is 571 g/mol. The molecule has 17 heteroatoms. The topological polar surface area (TPSA) is 247 Å². The van der Waals surface area contributed by atoms with Crippen molar-refractivity contribution in [2.75, 3.05) is 26.2 Å². The molecule has 0 unspecified atom stereocenters. The predicted octanol–water partition coefficient (Wildman–Crippen LogP) is -4.02. The van der Waals surface area contributed by atoms with Crippen LogP contribution in [0.15, 0.2) is 24.3 Å². The number of benzene rings is 1. The van der Waals surface area contributed by atoms with Gasteiger partial charge in [-0.15, -0.1) is 0 Å². The molecule has 43 heavy (non-hydrogen) atoms. The highest BCUT2D eigenvalue weighted by Crippen LogP contribution is 2.07. The molecule has 0 aromatic heterocycles. The molecule has 1 saturated heterocycles. The number of carbonyl (C=O) groups excluding carboxylic acids is 8. The molecule has 0 saturated carbocycles. The molecule has 9 N–H and O–H groups in total. The maximum absolute atomic E-state index is 13.4. The molecular formula is C26H35FN8O8. The van der Waals surface area contributed by atoms with Crippen LogP contribution in [-0.2, 0) is 44.8 Å². The van der Waals surface area contributed by atoms with Crippen molar-refractivity contribution in [3.8, 4) is 0 Å². The summed E-state index contributed by atoms with van der Waals surface area (Å²) in [6.45, 7) is -0.535. The Labute approximate surface area is 245 Å². The van der Waals surface area contributed by atoms with Gasteiger partial charge in [0.2, 0.25) is 47.3 Å². The summed E-state index contributed by atoms with van der Waals surface area (Å²) in [6, 6.07) is 1.40. The minimum atomic E-state index is -1.28. The van der Waals surface area contributed by atoms with E-state index in [1.165, 1.54) is 19.1 Å². The number of hydrogen-bond acceptors (Lipinski definition) is 8. The third-order valence-corrected chi connectivity index (χ3v) is 6.09. The molecule has 8 amide bonds. The van der Waals surface area contributed by atoms with Gasteiger partial charge in [-0.25, -0.2) is 4.39 Å². The minimum Gasteiger partial charge on any atom is -0.368 e. The van der Waals surface area contributed by atoms with E-state index >= 15 is 0 Å². The van der Waals surface area contributed by atoms with Crippen LogP contribution in [0, 0.1) is 5.82 Å². The van der Waals surface area contributed by atoms with E-state index in [0.29, 0.717) is 5.56 Å². The average molecular weight is 607 g/mol. The van der Waals surface area contributed by atoms with Gasteiger partial charge in [0.25, 0.3) is 0 Å². The van der Waals surface area contributed by atoms with Crippen molar-refractivity contribution in [1.82, 2.24) is 37.2 Å². The first-order valence-corrected chi connectivity index (χ1v) is 13.3. The Balaban J connectivity index is 2.24. The van der Waals surface area contributed by atoms with Gasteiger partial charge in [0, 0.05) is 26.3 Å². The minimum absolute atomic E-state index is 0.0804. The Bertz CT molecular complexity index is 1230. The number of amides is 8. The number of halogens is 1. The number of rotatable bonds is 6. The number of carbonyl (C=O) groups is 8. The maximum atomic E-state index is 13.4. The Morgan fingerprint density at radius 1 is 0.884 bits per heavy atom. The number of primary amides is 1. The number of hydrogen-bond donors (Lipinski definition) is 8. The molecule has 0 spiro atoms. The van der Waals surface area contributed by atoms with Crippen molar-refractivity contribution in [2.45, 2.75) is 50.7 Å². The zero-order valence-electron chi connectivity index (χ0n) is 23.4. The fourth-order valence-corrected chi connectivity index (χ4v) is 3.86. The SMILES string of the molecule is CC(=O)NCC(=O)N[C@H]1CCC(=O)NCC[C@@H](C(N)=O)NC(=O)CNC(=O)[C@@H](Cc2ccc(F)cc2)NC(=O)CNC1=O. The van der Waals surface area contributed by atoms with Crippen molar-refractivity contribution >= 4 is 47.3 Å². The Morgan fingerprint density at radius 3 is 2.14 bits per heavy atom. The highest BCUT2D eigenvalue weighted by atomic mass is 19.1. The molecule has 0 bridgehead atoms. The van der Waals surface area contributed by atoms with Crippen molar-refractivity contribution < 1.29 is 42.7 Å². The zero-order chi connectivity index (χ0) is 31.9. The van der Waals surface area contributed by atoms with Gasteiger partial charge in [-0.1, -0.05) is 12.1 Å². The summed E-state index contributed by atoms with van der Waals surface area (Å²) in [5.74, 6) is -6.35. The summed E-state index contributed by atoms with van der Waals surface area (Å²) in [5, 5.41) is 16.7. The largest absolute Gasteiger partial charge is 0.368 e. The standard InChI is InChI=1S/C26H35FN8O8/c1-14(36)30-11-21(38)34-18-6-7-20(37)29-9-8-17(24(28)41)33-22(39)12-32-26(43)19(35-23(40)13-31-25(18)42)10-15-2-4-16(27)5-3-15/h2-5,17-19H,6-13H2,1H3,(H2,28,41)(H,29,37)(H,30,36)(H,31,42)(H,32,43)(H,33,39)(H,34,38)(H,35,40)/t17-,18-,19+/m0/s1. The van der Waals surface area contributed by atoms with Gasteiger partial charge in [-0.2, -0.15) is 0 Å². The first-order chi connectivity index (χ1) is 20.3. The van der Waals surface area contributed by atoms with Crippen molar-refractivity contribution in [3.63, 3.8) is 0 Å². The normalized spacial score (nSPS) is 21.3. The van der Waals surface area contributed by atoms with E-state index in [2.05, 4.69) is 37.2 Å². The fraction of sp³-hybridized carbons (Fsp3) is 0.462. The van der Waals surface area contributed by atoms with E-state index in [9.17, 15) is 42.7 Å². The summed E-state index contributed by atoms with van der Waals surface area (Å²) in [4.78, 5) is 98.4. The van der Waals surface area contributed by atoms with Crippen LogP contribution in [0.2, 0.25) is 0 Å². The molecule has 1 fully saturated rings. The predicted molar refractivity (Wildman–Crippen MR) is 147 cm³/mol. The fourth-order valence-electron chi connectivity index (χ4n) is 3.86. The molecule has 2 rings (SSSR count). The van der Waals surface area contributed by atoms with Gasteiger partial charge < -0.3 is 43.0 Å². The lowest BCUT2D eigenvalue weighted by Gasteiger charge is -2.20. The molecule has 1 aromatic carbocycles. The van der Waals surface area contributed by atoms with Crippen LogP contribution in [0.4, 0.5) is 4.39 Å². The quantitative estimate of drug-likeness (QED) is 0.158. The van der Waals surface area contributed by atoms with Gasteiger partial charge in [-0.3, -0.25) is 38.4 Å². The lowest BCUT2D eigenvalue weighted by molar-refractivity contribution is -0.132. The van der Waals surface area contributed by atoms with Crippen LogP contribution in [0.1, 0.15) is 31.7 Å². The second-order valence-electron chi connectivity index (χ2n) is 9.62. The zero-order valence-corrected chi connectivity index (χ0v) is 23.4. The molecule has 234 valence electrons. The van der Waals surface area contributed by atoms with Gasteiger partial charge in [0.1, 0.15) is 23.9 Å². The molecule has 0 radical (unpaired) electrons. The lowest BCUT2D eigenvalue weighted by atomic mass is 10.0. The highest BCUT2D eigenvalue weighted by Gasteiger charge is 2.26. The first kappa shape index (κ1) is 34.1. The first-order valence-electron chi connectivity index (χ1n) is 13.3. The van der Waals surface area contributed by atoms with Crippen LogP contribution in [0.3, 0.4) is 0 Å². The summed E-state index contributed by atoms with van der Waals surface area (Å²) in [5.41, 5.74) is 5.82. The smallest absolute Gasteiger partial charge is 0.243 e. The number of nitrogens with two attached hydrogens (primary N) is 1. The van der Waals surface area contributed by atoms with E-state index in [0.717, 1.165) is 12.1 Å². The van der Waals surface area contributed by atoms with Crippen LogP contribution < -0.4 is 43.0 Å². The third kappa shape index (κ3) is 13.0. The van der Waals surface area contributed by atoms with Gasteiger partial charge in [0.15, 0.2) is 0 Å². The Morgan fingerprint density at radius 2 is 1.51 bits per heavy atom. The summed E-state index contributed by atoms with van der Waals surface area (Å²) in [7, 11) is 0. The molecule has 1 aromatic rings. The van der Waals surface area contributed by atoms with E-state index in [4.69, 9.17) is 5.73 Å². The monoisotopic (exact) mass is 606 g/mol. The summed E-state index contributed by atoms with van der Waals surface area (Å²) in [6.07, 6.45) is -0.637. The van der Waals surface area contributed by atoms with Crippen LogP contribution in [-0.4, -0.2) is 91.6 Å². The summed E-state index contributed by atoms with van der Waals surface area (Å²) >= 11 is 0. The Hall–Kier alpha value is -5.09. The van der Waals surface area contributed by atoms with Crippen LogP contribution >= 0.6 is 0 Å². The molecule has 16 nitrogen and oxygen atoms in total. The maximum Gasteiger partial charge on any atom is 0.243 e. The second kappa shape index (κ2) is 17.0. The molecule has 1 aliphatic heterocycles. The van der Waals surface area contributed by atoms with Gasteiger partial charge in [-0.05, 0) is 30.5 Å². The van der Waals surface area contributed by atoms with Crippen molar-refractivity contribution in [2.24, 2.45) is 5.73 Å². The van der Waals surface area contributed by atoms with Crippen LogP contribution in [0.25, 0.3) is 0 Å². The number of nitrogens with one attached hydrogen (secondary N) is 7. The van der Waals surface area contributed by atoms with E-state index in [-0.39, 0.29) is 32.2 Å². The van der Waals surface area contributed by atoms with Crippen LogP contribution in [0.5, 0.6) is 0 Å². The van der Waals surface area contributed by atoms with Gasteiger partial charge >= 0.3 is 0 Å². The van der Waals surface area contributed by atoms with Crippen molar-refractivity contribution in [3.05, 3.63) is 35.6 Å². The molecule has 3 atom stereocenters. The third-order valence-electron chi connectivity index (χ3n) is 6.09. The Kier molecular flexibility index (Phi) is 13.5. The molecule has 1 heterocycles. The van der Waals surface area contributed by atoms with E-state index in [1.807, 2.05) is 0 Å². The average Bonchev–Trinajstić information content (AvgIpc) is 2.95. The highest BCUT2D eigenvalue weighted by molar-refractivity contribution is 5.95.